The number of nitrogens with zero attached hydrogens (tertiary/aromatic N) is 1. The van der Waals surface area contributed by atoms with Gasteiger partial charge >= 0.3 is 0 Å². The lowest BCUT2D eigenvalue weighted by molar-refractivity contribution is 0.432. The Kier molecular flexibility index (Phi) is 5.24. The highest BCUT2D eigenvalue weighted by Crippen LogP contribution is 2.18. The van der Waals surface area contributed by atoms with E-state index < -0.39 is 0 Å². The number of furan rings is 1. The van der Waals surface area contributed by atoms with Crippen molar-refractivity contribution in [2.24, 2.45) is 0 Å². The summed E-state index contributed by atoms with van der Waals surface area (Å²) in [4.78, 5) is 2.40. The molecule has 108 valence electrons. The first-order valence-electron chi connectivity index (χ1n) is 7.29. The van der Waals surface area contributed by atoms with E-state index in [1.165, 1.54) is 11.3 Å². The van der Waals surface area contributed by atoms with E-state index in [0.29, 0.717) is 0 Å². The molecular weight excluding hydrogens is 248 g/mol. The largest absolute Gasteiger partial charge is 0.468 e. The van der Waals surface area contributed by atoms with E-state index in [1.807, 2.05) is 12.1 Å². The van der Waals surface area contributed by atoms with Gasteiger partial charge in [-0.3, -0.25) is 0 Å². The summed E-state index contributed by atoms with van der Waals surface area (Å²) in [5.41, 5.74) is 2.65. The fraction of sp³-hybridized carbons (Fsp3) is 0.412. The second kappa shape index (κ2) is 7.15. The first-order valence-corrected chi connectivity index (χ1v) is 7.29. The molecule has 2 aromatic rings. The van der Waals surface area contributed by atoms with Crippen LogP contribution in [0.5, 0.6) is 0 Å². The van der Waals surface area contributed by atoms with Crippen molar-refractivity contribution in [2.45, 2.75) is 26.8 Å². The van der Waals surface area contributed by atoms with E-state index in [9.17, 15) is 0 Å². The minimum Gasteiger partial charge on any atom is -0.468 e. The van der Waals surface area contributed by atoms with E-state index in [0.717, 1.165) is 25.4 Å². The quantitative estimate of drug-likeness (QED) is 0.831. The Morgan fingerprint density at radius 2 is 2.00 bits per heavy atom. The van der Waals surface area contributed by atoms with E-state index in [4.69, 9.17) is 4.42 Å². The summed E-state index contributed by atoms with van der Waals surface area (Å²) < 4.78 is 5.41. The molecule has 0 spiro atoms. The van der Waals surface area contributed by atoms with Crippen molar-refractivity contribution in [2.75, 3.05) is 24.5 Å². The minimum absolute atomic E-state index is 0.251. The summed E-state index contributed by atoms with van der Waals surface area (Å²) in [7, 11) is 0. The number of likely N-dealkylation sites (N-methyl/N-ethyl adjacent to an activating group) is 1. The summed E-state index contributed by atoms with van der Waals surface area (Å²) in [6.45, 7) is 9.43. The molecule has 2 rings (SSSR count). The molecule has 0 aliphatic rings. The number of hydrogen-bond donors (Lipinski definition) is 1. The maximum Gasteiger partial charge on any atom is 0.120 e. The first-order chi connectivity index (χ1) is 9.72. The van der Waals surface area contributed by atoms with Crippen molar-refractivity contribution >= 4 is 5.69 Å². The zero-order valence-corrected chi connectivity index (χ0v) is 12.6. The average molecular weight is 272 g/mol. The number of aryl methyl sites for hydroxylation is 1. The van der Waals surface area contributed by atoms with E-state index in [2.05, 4.69) is 55.3 Å². The third-order valence-electron chi connectivity index (χ3n) is 3.64. The van der Waals surface area contributed by atoms with Crippen LogP contribution in [0.2, 0.25) is 0 Å². The second-order valence-corrected chi connectivity index (χ2v) is 5.06. The molecular formula is C17H24N2O. The van der Waals surface area contributed by atoms with Crippen LogP contribution < -0.4 is 10.2 Å². The van der Waals surface area contributed by atoms with Crippen LogP contribution in [0.25, 0.3) is 0 Å². The van der Waals surface area contributed by atoms with Gasteiger partial charge in [0.1, 0.15) is 5.76 Å². The van der Waals surface area contributed by atoms with Crippen LogP contribution in [0, 0.1) is 6.92 Å². The molecule has 1 heterocycles. The molecule has 0 saturated carbocycles. The molecule has 1 atom stereocenters. The molecule has 1 aromatic heterocycles. The minimum atomic E-state index is 0.251. The van der Waals surface area contributed by atoms with Gasteiger partial charge < -0.3 is 14.6 Å². The van der Waals surface area contributed by atoms with Gasteiger partial charge in [-0.1, -0.05) is 18.2 Å². The Balaban J connectivity index is 1.87. The van der Waals surface area contributed by atoms with Crippen LogP contribution in [-0.2, 0) is 0 Å². The van der Waals surface area contributed by atoms with Crippen molar-refractivity contribution < 1.29 is 4.42 Å². The predicted octanol–water partition coefficient (Wildman–Crippen LogP) is 3.77. The Hall–Kier alpha value is -1.74. The zero-order valence-electron chi connectivity index (χ0n) is 12.6. The van der Waals surface area contributed by atoms with Gasteiger partial charge in [-0.05, 0) is 44.5 Å². The molecule has 0 saturated heterocycles. The molecule has 0 aliphatic carbocycles. The van der Waals surface area contributed by atoms with Crippen molar-refractivity contribution in [3.05, 3.63) is 54.0 Å². The smallest absolute Gasteiger partial charge is 0.120 e. The zero-order chi connectivity index (χ0) is 14.4. The summed E-state index contributed by atoms with van der Waals surface area (Å²) in [5, 5.41) is 3.50. The summed E-state index contributed by atoms with van der Waals surface area (Å²) in [5.74, 6) is 0.990. The van der Waals surface area contributed by atoms with Gasteiger partial charge in [0.05, 0.1) is 12.3 Å². The van der Waals surface area contributed by atoms with Crippen molar-refractivity contribution in [3.8, 4) is 0 Å². The van der Waals surface area contributed by atoms with Crippen LogP contribution >= 0.6 is 0 Å². The standard InChI is InChI=1S/C17H24N2O/c1-4-19(16-9-6-5-8-14(16)2)12-11-18-15(3)17-10-7-13-20-17/h5-10,13,15,18H,4,11-12H2,1-3H3. The molecule has 0 bridgehead atoms. The monoisotopic (exact) mass is 272 g/mol. The van der Waals surface area contributed by atoms with Crippen LogP contribution in [0.1, 0.15) is 31.2 Å². The molecule has 0 radical (unpaired) electrons. The van der Waals surface area contributed by atoms with Gasteiger partial charge in [-0.25, -0.2) is 0 Å². The van der Waals surface area contributed by atoms with E-state index in [-0.39, 0.29) is 6.04 Å². The molecule has 3 heteroatoms. The highest BCUT2D eigenvalue weighted by molar-refractivity contribution is 5.52. The normalized spacial score (nSPS) is 12.3. The van der Waals surface area contributed by atoms with Crippen LogP contribution in [0.3, 0.4) is 0 Å². The Labute approximate surface area is 121 Å². The SMILES string of the molecule is CCN(CCNC(C)c1ccco1)c1ccccc1C. The molecule has 0 fully saturated rings. The number of rotatable bonds is 7. The lowest BCUT2D eigenvalue weighted by Gasteiger charge is -2.25. The molecule has 20 heavy (non-hydrogen) atoms. The first kappa shape index (κ1) is 14.7. The Morgan fingerprint density at radius 1 is 1.20 bits per heavy atom. The van der Waals surface area contributed by atoms with E-state index >= 15 is 0 Å². The number of nitrogens with one attached hydrogen (secondary N) is 1. The van der Waals surface area contributed by atoms with Gasteiger partial charge in [-0.15, -0.1) is 0 Å². The highest BCUT2D eigenvalue weighted by Gasteiger charge is 2.09. The molecule has 1 aromatic carbocycles. The second-order valence-electron chi connectivity index (χ2n) is 5.06. The van der Waals surface area contributed by atoms with Crippen LogP contribution in [0.4, 0.5) is 5.69 Å². The molecule has 3 nitrogen and oxygen atoms in total. The third kappa shape index (κ3) is 3.64. The number of benzene rings is 1. The number of anilines is 1. The topological polar surface area (TPSA) is 28.4 Å². The predicted molar refractivity (Wildman–Crippen MR) is 84.2 cm³/mol. The third-order valence-corrected chi connectivity index (χ3v) is 3.64. The van der Waals surface area contributed by atoms with Crippen molar-refractivity contribution in [1.29, 1.82) is 0 Å². The average Bonchev–Trinajstić information content (AvgIpc) is 2.99. The van der Waals surface area contributed by atoms with Gasteiger partial charge in [0.2, 0.25) is 0 Å². The van der Waals surface area contributed by atoms with Gasteiger partial charge in [0.15, 0.2) is 0 Å². The fourth-order valence-electron chi connectivity index (χ4n) is 2.42. The highest BCUT2D eigenvalue weighted by atomic mass is 16.3. The molecule has 1 unspecified atom stereocenters. The van der Waals surface area contributed by atoms with Crippen LogP contribution in [0.15, 0.2) is 47.1 Å². The van der Waals surface area contributed by atoms with Crippen molar-refractivity contribution in [3.63, 3.8) is 0 Å². The maximum absolute atomic E-state index is 5.41. The van der Waals surface area contributed by atoms with Crippen LogP contribution in [-0.4, -0.2) is 19.6 Å². The van der Waals surface area contributed by atoms with E-state index in [1.54, 1.807) is 6.26 Å². The fourth-order valence-corrected chi connectivity index (χ4v) is 2.42. The van der Waals surface area contributed by atoms with Gasteiger partial charge in [0.25, 0.3) is 0 Å². The summed E-state index contributed by atoms with van der Waals surface area (Å²) in [6.07, 6.45) is 1.72. The lowest BCUT2D eigenvalue weighted by atomic mass is 10.2. The summed E-state index contributed by atoms with van der Waals surface area (Å²) in [6, 6.07) is 12.7. The lowest BCUT2D eigenvalue weighted by Crippen LogP contribution is -2.33. The van der Waals surface area contributed by atoms with Gasteiger partial charge in [-0.2, -0.15) is 0 Å². The van der Waals surface area contributed by atoms with Crippen molar-refractivity contribution in [1.82, 2.24) is 5.32 Å². The Morgan fingerprint density at radius 3 is 2.65 bits per heavy atom. The Bertz CT molecular complexity index is 507. The molecule has 0 amide bonds. The molecule has 1 N–H and O–H groups in total. The number of hydrogen-bond acceptors (Lipinski definition) is 3. The van der Waals surface area contributed by atoms with Gasteiger partial charge in [0, 0.05) is 25.3 Å². The maximum atomic E-state index is 5.41. The molecule has 0 aliphatic heterocycles. The summed E-state index contributed by atoms with van der Waals surface area (Å²) >= 11 is 0. The number of para-hydroxylation sites is 1.